The molecular weight excluding hydrogens is 741 g/mol. The van der Waals surface area contributed by atoms with Crippen molar-refractivity contribution in [2.45, 2.75) is 78.1 Å². The van der Waals surface area contributed by atoms with Crippen molar-refractivity contribution < 1.29 is 0 Å². The van der Waals surface area contributed by atoms with Crippen LogP contribution in [-0.4, -0.2) is 9.13 Å². The Morgan fingerprint density at radius 1 is 0.443 bits per heavy atom. The lowest BCUT2D eigenvalue weighted by Crippen LogP contribution is -2.33. The molecule has 0 N–H and O–H groups in total. The lowest BCUT2D eigenvalue weighted by Gasteiger charge is -2.37. The van der Waals surface area contributed by atoms with Gasteiger partial charge in [0, 0.05) is 32.4 Å². The summed E-state index contributed by atoms with van der Waals surface area (Å²) in [6.07, 6.45) is 0.753. The first-order chi connectivity index (χ1) is 29.3. The van der Waals surface area contributed by atoms with Gasteiger partial charge in [0.2, 0.25) is 0 Å². The van der Waals surface area contributed by atoms with Gasteiger partial charge in [-0.15, -0.1) is 0 Å². The van der Waals surface area contributed by atoms with Gasteiger partial charge in [-0.2, -0.15) is 10.5 Å². The molecule has 3 aliphatic rings. The van der Waals surface area contributed by atoms with E-state index in [-0.39, 0.29) is 21.7 Å². The average molecular weight is 787 g/mol. The van der Waals surface area contributed by atoms with E-state index in [0.29, 0.717) is 11.1 Å². The molecule has 0 radical (unpaired) electrons. The predicted octanol–water partition coefficient (Wildman–Crippen LogP) is 14.1. The zero-order valence-electron chi connectivity index (χ0n) is 36.0. The van der Waals surface area contributed by atoms with Gasteiger partial charge >= 0.3 is 0 Å². The van der Waals surface area contributed by atoms with Crippen LogP contribution in [0.25, 0.3) is 77.2 Å². The van der Waals surface area contributed by atoms with E-state index >= 15 is 0 Å². The van der Waals surface area contributed by atoms with Crippen LogP contribution in [0.5, 0.6) is 0 Å². The smallest absolute Gasteiger partial charge is 0.103 e. The fraction of sp³-hybridized carbons (Fsp3) is 0.228. The van der Waals surface area contributed by atoms with Gasteiger partial charge in [-0.1, -0.05) is 152 Å². The predicted molar refractivity (Wildman–Crippen MR) is 250 cm³/mol. The Hall–Kier alpha value is -6.88. The van der Waals surface area contributed by atoms with Crippen molar-refractivity contribution in [3.63, 3.8) is 0 Å². The molecule has 0 atom stereocenters. The van der Waals surface area contributed by atoms with E-state index in [1.807, 2.05) is 0 Å². The molecule has 4 heteroatoms. The molecule has 3 aliphatic carbocycles. The van der Waals surface area contributed by atoms with Crippen molar-refractivity contribution in [2.24, 2.45) is 5.41 Å². The Morgan fingerprint density at radius 2 is 0.869 bits per heavy atom. The number of aromatic nitrogens is 2. The van der Waals surface area contributed by atoms with E-state index < -0.39 is 0 Å². The van der Waals surface area contributed by atoms with Crippen LogP contribution in [0.1, 0.15) is 99.9 Å². The van der Waals surface area contributed by atoms with Crippen molar-refractivity contribution in [1.29, 1.82) is 10.5 Å². The number of hydrogen-bond acceptors (Lipinski definition) is 2. The first-order valence-corrected chi connectivity index (χ1v) is 21.6. The second-order valence-electron chi connectivity index (χ2n) is 20.0. The number of hydrogen-bond donors (Lipinski definition) is 0. The number of fused-ring (bicyclic) bond motifs is 15. The standard InChI is InChI=1S/C57H46N4/c1-54(2)29-38-51(57(54,7)8)53(61-44-24-16-12-20-37(44)48-46(61)28-26-35-33-18-10-14-22-42(33)56(5,6)50(35)48)40(31-59)39(30-58)52(38)60-43-23-15-11-19-36(43)47-45(60)27-25-34-32-17-9-13-21-41(32)55(3,4)49(34)47/h9-28H,29H2,1-8H3. The first kappa shape index (κ1) is 36.0. The Balaban J connectivity index is 1.25. The van der Waals surface area contributed by atoms with Crippen LogP contribution in [0.4, 0.5) is 0 Å². The number of benzene rings is 7. The number of nitrogens with zero attached hydrogens (tertiary/aromatic N) is 4. The van der Waals surface area contributed by atoms with Gasteiger partial charge in [0.15, 0.2) is 0 Å². The Labute approximate surface area is 356 Å². The molecule has 0 unspecified atom stereocenters. The topological polar surface area (TPSA) is 57.4 Å². The van der Waals surface area contributed by atoms with E-state index in [0.717, 1.165) is 61.8 Å². The van der Waals surface area contributed by atoms with E-state index in [1.165, 1.54) is 55.3 Å². The van der Waals surface area contributed by atoms with Crippen molar-refractivity contribution in [1.82, 2.24) is 9.13 Å². The summed E-state index contributed by atoms with van der Waals surface area (Å²) >= 11 is 0. The summed E-state index contributed by atoms with van der Waals surface area (Å²) in [7, 11) is 0. The van der Waals surface area contributed by atoms with Crippen molar-refractivity contribution in [3.8, 4) is 45.8 Å². The van der Waals surface area contributed by atoms with Crippen LogP contribution in [0.3, 0.4) is 0 Å². The summed E-state index contributed by atoms with van der Waals surface area (Å²) < 4.78 is 4.70. The lowest BCUT2D eigenvalue weighted by molar-refractivity contribution is 0.225. The monoisotopic (exact) mass is 786 g/mol. The zero-order chi connectivity index (χ0) is 42.1. The number of rotatable bonds is 2. The van der Waals surface area contributed by atoms with Gasteiger partial charge in [0.05, 0.1) is 44.6 Å². The van der Waals surface area contributed by atoms with Crippen LogP contribution in [0.15, 0.2) is 121 Å². The molecule has 0 fully saturated rings. The SMILES string of the molecule is CC1(C)c2ccccc2-c2ccc3c(c21)c1ccccc1n3-c1c(C#N)c(C#N)c(-n2c3ccccc3c3c4c(ccc32)-c2ccccc2C4(C)C)c2c1CC(C)(C)C2(C)C. The normalized spacial score (nSPS) is 17.0. The number of nitriles is 2. The summed E-state index contributed by atoms with van der Waals surface area (Å²) in [5.41, 5.74) is 18.4. The molecule has 0 amide bonds. The van der Waals surface area contributed by atoms with Crippen LogP contribution in [-0.2, 0) is 22.7 Å². The molecule has 0 spiro atoms. The Bertz CT molecular complexity index is 3580. The van der Waals surface area contributed by atoms with E-state index in [4.69, 9.17) is 0 Å². The third-order valence-corrected chi connectivity index (χ3v) is 15.9. The molecule has 0 bridgehead atoms. The summed E-state index contributed by atoms with van der Waals surface area (Å²) in [6, 6.07) is 49.5. The molecular formula is C57H46N4. The maximum Gasteiger partial charge on any atom is 0.103 e. The minimum absolute atomic E-state index is 0.201. The molecule has 61 heavy (non-hydrogen) atoms. The van der Waals surface area contributed by atoms with Gasteiger partial charge in [0.25, 0.3) is 0 Å². The molecule has 0 saturated carbocycles. The minimum Gasteiger partial charge on any atom is -0.308 e. The fourth-order valence-corrected chi connectivity index (χ4v) is 12.5. The van der Waals surface area contributed by atoms with Crippen LogP contribution >= 0.6 is 0 Å². The fourth-order valence-electron chi connectivity index (χ4n) is 12.5. The van der Waals surface area contributed by atoms with Gasteiger partial charge in [0.1, 0.15) is 12.1 Å². The van der Waals surface area contributed by atoms with Crippen molar-refractivity contribution >= 4 is 43.6 Å². The first-order valence-electron chi connectivity index (χ1n) is 21.6. The third-order valence-electron chi connectivity index (χ3n) is 15.9. The third kappa shape index (κ3) is 4.14. The Kier molecular flexibility index (Phi) is 6.78. The van der Waals surface area contributed by atoms with Gasteiger partial charge in [-0.25, -0.2) is 0 Å². The van der Waals surface area contributed by atoms with Gasteiger partial charge in [-0.3, -0.25) is 0 Å². The summed E-state index contributed by atoms with van der Waals surface area (Å²) in [5, 5.41) is 28.1. The molecule has 4 nitrogen and oxygen atoms in total. The molecule has 9 aromatic rings. The highest BCUT2D eigenvalue weighted by atomic mass is 15.0. The second kappa shape index (κ2) is 11.5. The molecule has 2 heterocycles. The largest absolute Gasteiger partial charge is 0.308 e. The van der Waals surface area contributed by atoms with Crippen LogP contribution in [0.2, 0.25) is 0 Å². The van der Waals surface area contributed by atoms with Crippen molar-refractivity contribution in [3.05, 3.63) is 166 Å². The summed E-state index contributed by atoms with van der Waals surface area (Å²) in [4.78, 5) is 0. The van der Waals surface area contributed by atoms with Crippen molar-refractivity contribution in [2.75, 3.05) is 0 Å². The average Bonchev–Trinajstić information content (AvgIpc) is 3.95. The van der Waals surface area contributed by atoms with Crippen LogP contribution < -0.4 is 0 Å². The van der Waals surface area contributed by atoms with Gasteiger partial charge in [-0.05, 0) is 97.2 Å². The molecule has 12 rings (SSSR count). The summed E-state index contributed by atoms with van der Waals surface area (Å²) in [6.45, 7) is 18.8. The maximum absolute atomic E-state index is 11.7. The lowest BCUT2D eigenvalue weighted by atomic mass is 9.68. The summed E-state index contributed by atoms with van der Waals surface area (Å²) in [5.74, 6) is 0. The van der Waals surface area contributed by atoms with E-state index in [9.17, 15) is 10.5 Å². The highest BCUT2D eigenvalue weighted by Crippen LogP contribution is 2.60. The van der Waals surface area contributed by atoms with Gasteiger partial charge < -0.3 is 9.13 Å². The molecule has 2 aromatic heterocycles. The molecule has 0 saturated heterocycles. The minimum atomic E-state index is -0.375. The van der Waals surface area contributed by atoms with Crippen LogP contribution in [0, 0.1) is 28.1 Å². The quantitative estimate of drug-likeness (QED) is 0.175. The molecule has 294 valence electrons. The maximum atomic E-state index is 11.7. The number of para-hydroxylation sites is 2. The Morgan fingerprint density at radius 3 is 1.36 bits per heavy atom. The molecule has 7 aromatic carbocycles. The van der Waals surface area contributed by atoms with E-state index in [1.54, 1.807) is 0 Å². The highest BCUT2D eigenvalue weighted by Gasteiger charge is 2.51. The second-order valence-corrected chi connectivity index (χ2v) is 20.0. The van der Waals surface area contributed by atoms with E-state index in [2.05, 4.69) is 198 Å². The molecule has 0 aliphatic heterocycles. The highest BCUT2D eigenvalue weighted by molar-refractivity contribution is 6.16. The zero-order valence-corrected chi connectivity index (χ0v) is 36.0.